The van der Waals surface area contributed by atoms with Crippen LogP contribution in [0.15, 0.2) is 29.6 Å². The molecule has 1 amide bonds. The molecule has 0 radical (unpaired) electrons. The lowest BCUT2D eigenvalue weighted by Crippen LogP contribution is -2.43. The van der Waals surface area contributed by atoms with Gasteiger partial charge in [-0.3, -0.25) is 9.78 Å². The van der Waals surface area contributed by atoms with E-state index in [-0.39, 0.29) is 17.7 Å². The number of carbonyl (C=O) groups is 1. The number of amides is 1. The SMILES string of the molecule is CC(C)C(C(=O)N(C)CCc1ccccn1)C(N)=NO. The Morgan fingerprint density at radius 2 is 2.20 bits per heavy atom. The van der Waals surface area contributed by atoms with Crippen LogP contribution in [0.5, 0.6) is 0 Å². The molecule has 0 saturated heterocycles. The first-order valence-electron chi connectivity index (χ1n) is 6.59. The fourth-order valence-corrected chi connectivity index (χ4v) is 1.99. The number of hydrogen-bond donors (Lipinski definition) is 2. The van der Waals surface area contributed by atoms with Crippen LogP contribution >= 0.6 is 0 Å². The first kappa shape index (κ1) is 15.9. The Bertz CT molecular complexity index is 460. The van der Waals surface area contributed by atoms with E-state index in [1.165, 1.54) is 0 Å². The molecular weight excluding hydrogens is 256 g/mol. The largest absolute Gasteiger partial charge is 0.409 e. The highest BCUT2D eigenvalue weighted by Gasteiger charge is 2.29. The van der Waals surface area contributed by atoms with Crippen molar-refractivity contribution in [1.82, 2.24) is 9.88 Å². The van der Waals surface area contributed by atoms with Gasteiger partial charge in [0.1, 0.15) is 5.92 Å². The molecule has 6 nitrogen and oxygen atoms in total. The van der Waals surface area contributed by atoms with E-state index < -0.39 is 5.92 Å². The quantitative estimate of drug-likeness (QED) is 0.353. The molecule has 0 aliphatic carbocycles. The number of aromatic nitrogens is 1. The standard InChI is InChI=1S/C14H22N4O2/c1-10(2)12(13(15)17-20)14(19)18(3)9-7-11-6-4-5-8-16-11/h4-6,8,10,12,20H,7,9H2,1-3H3,(H2,15,17). The second kappa shape index (κ2) is 7.47. The zero-order valence-corrected chi connectivity index (χ0v) is 12.2. The first-order valence-corrected chi connectivity index (χ1v) is 6.59. The molecule has 1 unspecified atom stereocenters. The number of amidine groups is 1. The van der Waals surface area contributed by atoms with Crippen LogP contribution in [0, 0.1) is 11.8 Å². The van der Waals surface area contributed by atoms with Gasteiger partial charge in [-0.2, -0.15) is 0 Å². The Morgan fingerprint density at radius 3 is 2.70 bits per heavy atom. The van der Waals surface area contributed by atoms with Gasteiger partial charge in [0.25, 0.3) is 0 Å². The number of likely N-dealkylation sites (N-methyl/N-ethyl adjacent to an activating group) is 1. The summed E-state index contributed by atoms with van der Waals surface area (Å²) in [5, 5.41) is 11.7. The maximum Gasteiger partial charge on any atom is 0.233 e. The van der Waals surface area contributed by atoms with E-state index in [0.29, 0.717) is 13.0 Å². The van der Waals surface area contributed by atoms with Crippen LogP contribution in [0.4, 0.5) is 0 Å². The highest BCUT2D eigenvalue weighted by molar-refractivity contribution is 6.02. The average Bonchev–Trinajstić information content (AvgIpc) is 2.45. The third kappa shape index (κ3) is 4.22. The van der Waals surface area contributed by atoms with E-state index in [4.69, 9.17) is 10.9 Å². The summed E-state index contributed by atoms with van der Waals surface area (Å²) in [7, 11) is 1.71. The molecule has 0 spiro atoms. The molecule has 0 bridgehead atoms. The maximum absolute atomic E-state index is 12.3. The molecule has 1 aromatic heterocycles. The zero-order valence-electron chi connectivity index (χ0n) is 12.2. The molecule has 0 aliphatic heterocycles. The van der Waals surface area contributed by atoms with Crippen molar-refractivity contribution in [3.63, 3.8) is 0 Å². The molecule has 1 aromatic rings. The van der Waals surface area contributed by atoms with Gasteiger partial charge in [0, 0.05) is 31.9 Å². The molecule has 1 rings (SSSR count). The third-order valence-corrected chi connectivity index (χ3v) is 3.17. The number of nitrogens with zero attached hydrogens (tertiary/aromatic N) is 3. The lowest BCUT2D eigenvalue weighted by atomic mass is 9.93. The molecule has 0 aliphatic rings. The van der Waals surface area contributed by atoms with Crippen molar-refractivity contribution in [2.75, 3.05) is 13.6 Å². The van der Waals surface area contributed by atoms with Gasteiger partial charge >= 0.3 is 0 Å². The summed E-state index contributed by atoms with van der Waals surface area (Å²) in [4.78, 5) is 18.1. The van der Waals surface area contributed by atoms with E-state index in [0.717, 1.165) is 5.69 Å². The smallest absolute Gasteiger partial charge is 0.233 e. The van der Waals surface area contributed by atoms with E-state index in [9.17, 15) is 4.79 Å². The summed E-state index contributed by atoms with van der Waals surface area (Å²) in [5.74, 6) is -0.828. The number of pyridine rings is 1. The van der Waals surface area contributed by atoms with Gasteiger partial charge in [-0.05, 0) is 18.1 Å². The van der Waals surface area contributed by atoms with Gasteiger partial charge in [0.15, 0.2) is 5.84 Å². The lowest BCUT2D eigenvalue weighted by molar-refractivity contribution is -0.133. The van der Waals surface area contributed by atoms with Crippen LogP contribution in [-0.2, 0) is 11.2 Å². The Balaban J connectivity index is 2.65. The second-order valence-electron chi connectivity index (χ2n) is 5.08. The van der Waals surface area contributed by atoms with Crippen LogP contribution in [0.1, 0.15) is 19.5 Å². The van der Waals surface area contributed by atoms with Gasteiger partial charge in [-0.1, -0.05) is 25.1 Å². The first-order chi connectivity index (χ1) is 9.47. The van der Waals surface area contributed by atoms with Crippen LogP contribution in [0.2, 0.25) is 0 Å². The molecule has 1 heterocycles. The van der Waals surface area contributed by atoms with Crippen molar-refractivity contribution in [2.24, 2.45) is 22.7 Å². The number of rotatable bonds is 6. The van der Waals surface area contributed by atoms with Crippen LogP contribution in [0.3, 0.4) is 0 Å². The summed E-state index contributed by atoms with van der Waals surface area (Å²) >= 11 is 0. The van der Waals surface area contributed by atoms with Gasteiger partial charge in [-0.15, -0.1) is 0 Å². The number of oxime groups is 1. The van der Waals surface area contributed by atoms with Crippen LogP contribution in [0.25, 0.3) is 0 Å². The van der Waals surface area contributed by atoms with E-state index in [1.807, 2.05) is 32.0 Å². The minimum atomic E-state index is -0.603. The van der Waals surface area contributed by atoms with Gasteiger partial charge in [0.05, 0.1) is 0 Å². The normalized spacial score (nSPS) is 13.3. The molecule has 0 aromatic carbocycles. The maximum atomic E-state index is 12.3. The molecule has 3 N–H and O–H groups in total. The number of nitrogens with two attached hydrogens (primary N) is 1. The molecule has 6 heteroatoms. The summed E-state index contributed by atoms with van der Waals surface area (Å²) in [6.45, 7) is 4.28. The number of carbonyl (C=O) groups excluding carboxylic acids is 1. The Morgan fingerprint density at radius 1 is 1.50 bits per heavy atom. The minimum absolute atomic E-state index is 0.0318. The summed E-state index contributed by atoms with van der Waals surface area (Å²) < 4.78 is 0. The van der Waals surface area contributed by atoms with E-state index in [1.54, 1.807) is 18.1 Å². The monoisotopic (exact) mass is 278 g/mol. The fourth-order valence-electron chi connectivity index (χ4n) is 1.99. The van der Waals surface area contributed by atoms with Crippen LogP contribution in [-0.4, -0.2) is 40.4 Å². The molecule has 1 atom stereocenters. The predicted molar refractivity (Wildman–Crippen MR) is 77.3 cm³/mol. The van der Waals surface area contributed by atoms with Crippen molar-refractivity contribution >= 4 is 11.7 Å². The van der Waals surface area contributed by atoms with Crippen molar-refractivity contribution in [1.29, 1.82) is 0 Å². The molecule has 20 heavy (non-hydrogen) atoms. The Kier molecular flexibility index (Phi) is 5.96. The van der Waals surface area contributed by atoms with Gasteiger partial charge in [-0.25, -0.2) is 0 Å². The topological polar surface area (TPSA) is 91.8 Å². The third-order valence-electron chi connectivity index (χ3n) is 3.17. The molecule has 0 saturated carbocycles. The van der Waals surface area contributed by atoms with E-state index >= 15 is 0 Å². The van der Waals surface area contributed by atoms with Crippen molar-refractivity contribution in [3.05, 3.63) is 30.1 Å². The lowest BCUT2D eigenvalue weighted by Gasteiger charge is -2.25. The molecular formula is C14H22N4O2. The fraction of sp³-hybridized carbons (Fsp3) is 0.500. The average molecular weight is 278 g/mol. The van der Waals surface area contributed by atoms with Gasteiger partial charge in [0.2, 0.25) is 5.91 Å². The van der Waals surface area contributed by atoms with Crippen molar-refractivity contribution in [3.8, 4) is 0 Å². The highest BCUT2D eigenvalue weighted by Crippen LogP contribution is 2.14. The Hall–Kier alpha value is -2.11. The van der Waals surface area contributed by atoms with Crippen molar-refractivity contribution < 1.29 is 10.0 Å². The zero-order chi connectivity index (χ0) is 15.1. The molecule has 0 fully saturated rings. The van der Waals surface area contributed by atoms with Crippen molar-refractivity contribution in [2.45, 2.75) is 20.3 Å². The van der Waals surface area contributed by atoms with E-state index in [2.05, 4.69) is 10.1 Å². The summed E-state index contributed by atoms with van der Waals surface area (Å²) in [6.07, 6.45) is 2.40. The van der Waals surface area contributed by atoms with Gasteiger partial charge < -0.3 is 15.8 Å². The Labute approximate surface area is 119 Å². The summed E-state index contributed by atoms with van der Waals surface area (Å²) in [5.41, 5.74) is 6.53. The predicted octanol–water partition coefficient (Wildman–Crippen LogP) is 1.10. The highest BCUT2D eigenvalue weighted by atomic mass is 16.4. The second-order valence-corrected chi connectivity index (χ2v) is 5.08. The number of hydrogen-bond acceptors (Lipinski definition) is 4. The molecule has 110 valence electrons. The van der Waals surface area contributed by atoms with Crippen LogP contribution < -0.4 is 5.73 Å². The summed E-state index contributed by atoms with van der Waals surface area (Å²) in [6, 6.07) is 5.69. The minimum Gasteiger partial charge on any atom is -0.409 e.